The maximum Gasteiger partial charge on any atom is 0.305 e. The summed E-state index contributed by atoms with van der Waals surface area (Å²) in [6, 6.07) is 10.9. The molecule has 1 aliphatic rings. The molecule has 23 heavy (non-hydrogen) atoms. The van der Waals surface area contributed by atoms with Crippen molar-refractivity contribution >= 4 is 14.3 Å². The van der Waals surface area contributed by atoms with Gasteiger partial charge in [-0.25, -0.2) is 0 Å². The summed E-state index contributed by atoms with van der Waals surface area (Å²) >= 11 is 0. The van der Waals surface area contributed by atoms with E-state index in [-0.39, 0.29) is 18.2 Å². The molecule has 1 saturated carbocycles. The molecule has 1 fully saturated rings. The molecule has 0 bridgehead atoms. The Labute approximate surface area is 141 Å². The van der Waals surface area contributed by atoms with Crippen LogP contribution >= 0.6 is 0 Å². The first-order chi connectivity index (χ1) is 10.9. The van der Waals surface area contributed by atoms with Crippen LogP contribution in [-0.2, 0) is 14.0 Å². The molecule has 2 rings (SSSR count). The fraction of sp³-hybridized carbons (Fsp3) is 0.632. The summed E-state index contributed by atoms with van der Waals surface area (Å²) in [6.07, 6.45) is 4.61. The predicted molar refractivity (Wildman–Crippen MR) is 96.0 cm³/mol. The normalized spacial score (nSPS) is 22.1. The maximum absolute atomic E-state index is 12.4. The van der Waals surface area contributed by atoms with Crippen LogP contribution in [0.3, 0.4) is 0 Å². The molecule has 3 nitrogen and oxygen atoms in total. The highest BCUT2D eigenvalue weighted by atomic mass is 28.4. The Hall–Kier alpha value is -1.13. The Balaban J connectivity index is 1.98. The minimum absolute atomic E-state index is 0.0162. The zero-order valence-electron chi connectivity index (χ0n) is 14.9. The fourth-order valence-electron chi connectivity index (χ4n) is 3.56. The molecule has 1 aliphatic carbocycles. The Bertz CT molecular complexity index is 499. The molecule has 2 atom stereocenters. The maximum atomic E-state index is 12.4. The van der Waals surface area contributed by atoms with E-state index in [4.69, 9.17) is 9.16 Å². The zero-order valence-corrected chi connectivity index (χ0v) is 15.9. The number of rotatable bonds is 6. The molecule has 1 aromatic carbocycles. The van der Waals surface area contributed by atoms with Gasteiger partial charge in [-0.15, -0.1) is 0 Å². The van der Waals surface area contributed by atoms with Gasteiger partial charge < -0.3 is 9.16 Å². The molecule has 128 valence electrons. The molecule has 0 aliphatic heterocycles. The van der Waals surface area contributed by atoms with E-state index in [1.54, 1.807) is 0 Å². The van der Waals surface area contributed by atoms with Crippen LogP contribution in [0.1, 0.15) is 51.0 Å². The van der Waals surface area contributed by atoms with Crippen molar-refractivity contribution in [1.29, 1.82) is 0 Å². The van der Waals surface area contributed by atoms with Crippen molar-refractivity contribution in [2.75, 3.05) is 0 Å². The lowest BCUT2D eigenvalue weighted by molar-refractivity contribution is -0.149. The molecular formula is C19H30O3Si. The average Bonchev–Trinajstić information content (AvgIpc) is 2.46. The second kappa shape index (κ2) is 8.11. The van der Waals surface area contributed by atoms with Crippen molar-refractivity contribution in [2.45, 2.75) is 76.8 Å². The highest BCUT2D eigenvalue weighted by Crippen LogP contribution is 2.35. The van der Waals surface area contributed by atoms with Crippen LogP contribution in [0.15, 0.2) is 30.3 Å². The SMILES string of the molecule is CC(C)O[Si](C)(C)CC(=O)OC1CCCCC1c1ccccc1. The van der Waals surface area contributed by atoms with E-state index in [1.807, 2.05) is 19.9 Å². The van der Waals surface area contributed by atoms with Gasteiger partial charge >= 0.3 is 5.97 Å². The Morgan fingerprint density at radius 1 is 1.17 bits per heavy atom. The van der Waals surface area contributed by atoms with Gasteiger partial charge in [0.1, 0.15) is 6.10 Å². The summed E-state index contributed by atoms with van der Waals surface area (Å²) in [4.78, 5) is 12.4. The van der Waals surface area contributed by atoms with E-state index in [2.05, 4.69) is 37.4 Å². The summed E-state index contributed by atoms with van der Waals surface area (Å²) in [5, 5.41) is 0. The number of carbonyl (C=O) groups excluding carboxylic acids is 1. The number of hydrogen-bond donors (Lipinski definition) is 0. The van der Waals surface area contributed by atoms with Crippen LogP contribution in [0.4, 0.5) is 0 Å². The van der Waals surface area contributed by atoms with Gasteiger partial charge in [0.05, 0.1) is 6.04 Å². The number of hydrogen-bond acceptors (Lipinski definition) is 3. The van der Waals surface area contributed by atoms with Crippen LogP contribution in [0.5, 0.6) is 0 Å². The summed E-state index contributed by atoms with van der Waals surface area (Å²) in [6.45, 7) is 8.22. The number of carbonyl (C=O) groups is 1. The summed E-state index contributed by atoms with van der Waals surface area (Å²) in [7, 11) is -1.99. The highest BCUT2D eigenvalue weighted by molar-refractivity contribution is 6.73. The molecule has 0 spiro atoms. The van der Waals surface area contributed by atoms with Crippen LogP contribution < -0.4 is 0 Å². The minimum atomic E-state index is -1.99. The van der Waals surface area contributed by atoms with Crippen LogP contribution in [-0.4, -0.2) is 26.5 Å². The van der Waals surface area contributed by atoms with E-state index >= 15 is 0 Å². The number of benzene rings is 1. The van der Waals surface area contributed by atoms with Gasteiger partial charge in [0.2, 0.25) is 0 Å². The molecule has 0 heterocycles. The monoisotopic (exact) mass is 334 g/mol. The van der Waals surface area contributed by atoms with Gasteiger partial charge in [-0.05, 0) is 51.8 Å². The van der Waals surface area contributed by atoms with Gasteiger partial charge in [-0.1, -0.05) is 36.8 Å². The lowest BCUT2D eigenvalue weighted by atomic mass is 9.81. The van der Waals surface area contributed by atoms with Crippen molar-refractivity contribution in [2.24, 2.45) is 0 Å². The molecular weight excluding hydrogens is 304 g/mol. The van der Waals surface area contributed by atoms with Crippen LogP contribution in [0.2, 0.25) is 19.1 Å². The standard InChI is InChI=1S/C19H30O3Si/c1-15(2)22-23(3,4)14-19(20)21-18-13-9-8-12-17(18)16-10-6-5-7-11-16/h5-7,10-11,15,17-18H,8-9,12-14H2,1-4H3. The molecule has 1 aromatic rings. The van der Waals surface area contributed by atoms with Gasteiger partial charge in [-0.3, -0.25) is 4.79 Å². The topological polar surface area (TPSA) is 35.5 Å². The third-order valence-corrected chi connectivity index (χ3v) is 6.59. The second-order valence-corrected chi connectivity index (χ2v) is 11.5. The summed E-state index contributed by atoms with van der Waals surface area (Å²) in [5.41, 5.74) is 1.29. The number of ether oxygens (including phenoxy) is 1. The summed E-state index contributed by atoms with van der Waals surface area (Å²) < 4.78 is 11.8. The van der Waals surface area contributed by atoms with Gasteiger partial charge in [0.15, 0.2) is 8.32 Å². The van der Waals surface area contributed by atoms with Crippen molar-refractivity contribution in [1.82, 2.24) is 0 Å². The van der Waals surface area contributed by atoms with Crippen molar-refractivity contribution < 1.29 is 14.0 Å². The Morgan fingerprint density at radius 2 is 1.83 bits per heavy atom. The van der Waals surface area contributed by atoms with Crippen molar-refractivity contribution in [3.05, 3.63) is 35.9 Å². The zero-order chi connectivity index (χ0) is 16.9. The minimum Gasteiger partial charge on any atom is -0.462 e. The van der Waals surface area contributed by atoms with E-state index in [0.29, 0.717) is 12.0 Å². The van der Waals surface area contributed by atoms with Crippen LogP contribution in [0, 0.1) is 0 Å². The van der Waals surface area contributed by atoms with Crippen molar-refractivity contribution in [3.8, 4) is 0 Å². The molecule has 4 heteroatoms. The highest BCUT2D eigenvalue weighted by Gasteiger charge is 2.33. The first-order valence-corrected chi connectivity index (χ1v) is 11.9. The van der Waals surface area contributed by atoms with E-state index in [0.717, 1.165) is 19.3 Å². The van der Waals surface area contributed by atoms with E-state index < -0.39 is 8.32 Å². The molecule has 0 aromatic heterocycles. The predicted octanol–water partition coefficient (Wildman–Crippen LogP) is 4.89. The Kier molecular flexibility index (Phi) is 6.42. The molecule has 0 amide bonds. The quantitative estimate of drug-likeness (QED) is 0.549. The molecule has 0 saturated heterocycles. The molecule has 0 N–H and O–H groups in total. The van der Waals surface area contributed by atoms with Crippen molar-refractivity contribution in [3.63, 3.8) is 0 Å². The Morgan fingerprint density at radius 3 is 2.48 bits per heavy atom. The van der Waals surface area contributed by atoms with Crippen LogP contribution in [0.25, 0.3) is 0 Å². The van der Waals surface area contributed by atoms with Gasteiger partial charge in [-0.2, -0.15) is 0 Å². The van der Waals surface area contributed by atoms with E-state index in [1.165, 1.54) is 12.0 Å². The average molecular weight is 335 g/mol. The first kappa shape index (κ1) is 18.2. The number of esters is 1. The second-order valence-electron chi connectivity index (χ2n) is 7.43. The third-order valence-electron chi connectivity index (χ3n) is 4.34. The summed E-state index contributed by atoms with van der Waals surface area (Å²) in [5.74, 6) is 0.250. The smallest absolute Gasteiger partial charge is 0.305 e. The van der Waals surface area contributed by atoms with Gasteiger partial charge in [0, 0.05) is 12.0 Å². The largest absolute Gasteiger partial charge is 0.462 e. The third kappa shape index (κ3) is 5.77. The lowest BCUT2D eigenvalue weighted by Gasteiger charge is -2.32. The first-order valence-electron chi connectivity index (χ1n) is 8.79. The molecule has 0 radical (unpaired) electrons. The van der Waals surface area contributed by atoms with Gasteiger partial charge in [0.25, 0.3) is 0 Å². The lowest BCUT2D eigenvalue weighted by Crippen LogP contribution is -2.38. The molecule has 2 unspecified atom stereocenters. The van der Waals surface area contributed by atoms with E-state index in [9.17, 15) is 4.79 Å². The fourth-order valence-corrected chi connectivity index (χ4v) is 5.70.